The summed E-state index contributed by atoms with van der Waals surface area (Å²) in [6.45, 7) is 0.544. The maximum atomic E-state index is 13.2. The van der Waals surface area contributed by atoms with Crippen LogP contribution in [0.3, 0.4) is 0 Å². The second-order valence-electron chi connectivity index (χ2n) is 4.37. The minimum absolute atomic E-state index is 0.00960. The Kier molecular flexibility index (Phi) is 4.14. The highest BCUT2D eigenvalue weighted by Gasteiger charge is 2.32. The van der Waals surface area contributed by atoms with Crippen LogP contribution in [0.4, 0.5) is 10.1 Å². The number of likely N-dealkylation sites (tertiary alicyclic amines) is 1. The Bertz CT molecular complexity index is 524. The number of nitrogens with zero attached hydrogens (tertiary/aromatic N) is 2. The maximum Gasteiger partial charge on any atom is 0.282 e. The van der Waals surface area contributed by atoms with Crippen molar-refractivity contribution in [1.82, 2.24) is 4.90 Å². The van der Waals surface area contributed by atoms with Crippen LogP contribution in [0.2, 0.25) is 0 Å². The van der Waals surface area contributed by atoms with E-state index in [1.807, 2.05) is 0 Å². The Morgan fingerprint density at radius 3 is 2.95 bits per heavy atom. The molecule has 1 aliphatic rings. The highest BCUT2D eigenvalue weighted by Crippen LogP contribution is 2.26. The van der Waals surface area contributed by atoms with Gasteiger partial charge < -0.3 is 4.90 Å². The van der Waals surface area contributed by atoms with Gasteiger partial charge >= 0.3 is 0 Å². The van der Waals surface area contributed by atoms with Gasteiger partial charge in [0.25, 0.3) is 11.6 Å². The first-order valence-electron chi connectivity index (χ1n) is 5.85. The van der Waals surface area contributed by atoms with E-state index in [-0.39, 0.29) is 17.3 Å². The number of rotatable bonds is 3. The molecule has 0 aromatic heterocycles. The molecule has 5 nitrogen and oxygen atoms in total. The molecule has 7 heteroatoms. The van der Waals surface area contributed by atoms with Gasteiger partial charge in [0.2, 0.25) is 0 Å². The number of benzene rings is 1. The van der Waals surface area contributed by atoms with Crippen LogP contribution in [0.5, 0.6) is 0 Å². The molecule has 0 bridgehead atoms. The van der Waals surface area contributed by atoms with E-state index in [0.717, 1.165) is 31.0 Å². The van der Waals surface area contributed by atoms with Crippen LogP contribution in [0.25, 0.3) is 0 Å². The number of alkyl halides is 1. The normalized spacial score (nSPS) is 18.6. The molecule has 1 saturated heterocycles. The minimum Gasteiger partial charge on any atom is -0.335 e. The van der Waals surface area contributed by atoms with Crippen LogP contribution in [0.15, 0.2) is 18.2 Å². The van der Waals surface area contributed by atoms with Crippen molar-refractivity contribution in [2.45, 2.75) is 18.9 Å². The summed E-state index contributed by atoms with van der Waals surface area (Å²) in [5.41, 5.74) is -0.538. The van der Waals surface area contributed by atoms with Crippen LogP contribution in [-0.4, -0.2) is 33.6 Å². The number of nitro groups is 1. The van der Waals surface area contributed by atoms with E-state index in [4.69, 9.17) is 0 Å². The largest absolute Gasteiger partial charge is 0.335 e. The van der Waals surface area contributed by atoms with Gasteiger partial charge in [0.15, 0.2) is 0 Å². The summed E-state index contributed by atoms with van der Waals surface area (Å²) in [7, 11) is 0. The van der Waals surface area contributed by atoms with Gasteiger partial charge in [-0.05, 0) is 25.0 Å². The Morgan fingerprint density at radius 2 is 2.32 bits per heavy atom. The first-order chi connectivity index (χ1) is 9.04. The molecule has 1 aliphatic heterocycles. The van der Waals surface area contributed by atoms with Gasteiger partial charge in [-0.15, -0.1) is 0 Å². The van der Waals surface area contributed by atoms with Gasteiger partial charge in [0.05, 0.1) is 4.92 Å². The first-order valence-corrected chi connectivity index (χ1v) is 6.97. The molecule has 0 spiro atoms. The second kappa shape index (κ2) is 5.64. The Morgan fingerprint density at radius 1 is 1.58 bits per heavy atom. The molecule has 0 radical (unpaired) electrons. The first kappa shape index (κ1) is 13.9. The summed E-state index contributed by atoms with van der Waals surface area (Å²) in [5.74, 6) is -1.13. The summed E-state index contributed by atoms with van der Waals surface area (Å²) in [5, 5.41) is 11.5. The lowest BCUT2D eigenvalue weighted by Crippen LogP contribution is -2.36. The van der Waals surface area contributed by atoms with E-state index in [2.05, 4.69) is 15.9 Å². The number of nitro benzene ring substituents is 1. The topological polar surface area (TPSA) is 63.4 Å². The van der Waals surface area contributed by atoms with Gasteiger partial charge in [-0.3, -0.25) is 14.9 Å². The number of carbonyl (C=O) groups excluding carboxylic acids is 1. The number of carbonyl (C=O) groups is 1. The number of halogens is 2. The van der Waals surface area contributed by atoms with E-state index in [9.17, 15) is 19.3 Å². The average Bonchev–Trinajstić information content (AvgIpc) is 2.85. The number of hydrogen-bond donors (Lipinski definition) is 0. The molecule has 102 valence electrons. The molecule has 1 amide bonds. The monoisotopic (exact) mass is 330 g/mol. The molecule has 0 saturated carbocycles. The average molecular weight is 331 g/mol. The van der Waals surface area contributed by atoms with Gasteiger partial charge in [-0.2, -0.15) is 0 Å². The predicted molar refractivity (Wildman–Crippen MR) is 70.9 cm³/mol. The van der Waals surface area contributed by atoms with Crippen molar-refractivity contribution in [3.05, 3.63) is 39.7 Å². The van der Waals surface area contributed by atoms with Crippen LogP contribution < -0.4 is 0 Å². The molecule has 1 fully saturated rings. The Hall–Kier alpha value is -1.50. The fraction of sp³-hybridized carbons (Fsp3) is 0.417. The SMILES string of the molecule is O=C(c1cc(F)ccc1[N+](=O)[O-])N1CCCC1CBr. The standard InChI is InChI=1S/C12H12BrFN2O3/c13-7-9-2-1-5-15(9)12(17)10-6-8(14)3-4-11(10)16(18)19/h3-4,6,9H,1-2,5,7H2. The summed E-state index contributed by atoms with van der Waals surface area (Å²) >= 11 is 3.32. The van der Waals surface area contributed by atoms with Crippen molar-refractivity contribution >= 4 is 27.5 Å². The van der Waals surface area contributed by atoms with Crippen LogP contribution in [0.1, 0.15) is 23.2 Å². The van der Waals surface area contributed by atoms with Crippen molar-refractivity contribution in [2.24, 2.45) is 0 Å². The summed E-state index contributed by atoms with van der Waals surface area (Å²) in [4.78, 5) is 24.1. The van der Waals surface area contributed by atoms with Crippen molar-refractivity contribution < 1.29 is 14.1 Å². The lowest BCUT2D eigenvalue weighted by atomic mass is 10.1. The molecule has 0 N–H and O–H groups in total. The molecular formula is C12H12BrFN2O3. The molecule has 2 rings (SSSR count). The quantitative estimate of drug-likeness (QED) is 0.486. The zero-order valence-electron chi connectivity index (χ0n) is 10.0. The van der Waals surface area contributed by atoms with Gasteiger partial charge in [0, 0.05) is 24.0 Å². The number of amides is 1. The van der Waals surface area contributed by atoms with E-state index < -0.39 is 16.6 Å². The Balaban J connectivity index is 2.37. The maximum absolute atomic E-state index is 13.2. The fourth-order valence-corrected chi connectivity index (χ4v) is 2.93. The van der Waals surface area contributed by atoms with Crippen molar-refractivity contribution in [1.29, 1.82) is 0 Å². The summed E-state index contributed by atoms with van der Waals surface area (Å²) < 4.78 is 13.2. The number of hydrogen-bond acceptors (Lipinski definition) is 3. The summed E-state index contributed by atoms with van der Waals surface area (Å²) in [6, 6.07) is 2.96. The molecule has 1 aromatic carbocycles. The fourth-order valence-electron chi connectivity index (χ4n) is 2.26. The molecule has 1 atom stereocenters. The minimum atomic E-state index is -0.661. The van der Waals surface area contributed by atoms with Crippen molar-refractivity contribution in [3.8, 4) is 0 Å². The van der Waals surface area contributed by atoms with E-state index in [0.29, 0.717) is 11.9 Å². The zero-order valence-corrected chi connectivity index (χ0v) is 11.6. The van der Waals surface area contributed by atoms with E-state index in [1.54, 1.807) is 4.90 Å². The third-order valence-electron chi connectivity index (χ3n) is 3.20. The molecular weight excluding hydrogens is 319 g/mol. The molecule has 19 heavy (non-hydrogen) atoms. The second-order valence-corrected chi connectivity index (χ2v) is 5.01. The van der Waals surface area contributed by atoms with E-state index >= 15 is 0 Å². The van der Waals surface area contributed by atoms with Crippen LogP contribution in [-0.2, 0) is 0 Å². The molecule has 1 aromatic rings. The van der Waals surface area contributed by atoms with Crippen LogP contribution in [0, 0.1) is 15.9 Å². The van der Waals surface area contributed by atoms with Gasteiger partial charge in [0.1, 0.15) is 11.4 Å². The van der Waals surface area contributed by atoms with Gasteiger partial charge in [-0.1, -0.05) is 15.9 Å². The molecule has 0 aliphatic carbocycles. The smallest absolute Gasteiger partial charge is 0.282 e. The molecule has 1 unspecified atom stereocenters. The predicted octanol–water partition coefficient (Wildman–Crippen LogP) is 2.73. The third kappa shape index (κ3) is 2.75. The Labute approximate surface area is 117 Å². The third-order valence-corrected chi connectivity index (χ3v) is 3.95. The summed E-state index contributed by atoms with van der Waals surface area (Å²) in [6.07, 6.45) is 1.70. The van der Waals surface area contributed by atoms with Crippen molar-refractivity contribution in [3.63, 3.8) is 0 Å². The highest BCUT2D eigenvalue weighted by molar-refractivity contribution is 9.09. The van der Waals surface area contributed by atoms with Crippen molar-refractivity contribution in [2.75, 3.05) is 11.9 Å². The highest BCUT2D eigenvalue weighted by atomic mass is 79.9. The van der Waals surface area contributed by atoms with E-state index in [1.165, 1.54) is 0 Å². The lowest BCUT2D eigenvalue weighted by molar-refractivity contribution is -0.385. The van der Waals surface area contributed by atoms with Crippen LogP contribution >= 0.6 is 15.9 Å². The van der Waals surface area contributed by atoms with Gasteiger partial charge in [-0.25, -0.2) is 4.39 Å². The zero-order chi connectivity index (χ0) is 14.0. The lowest BCUT2D eigenvalue weighted by Gasteiger charge is -2.22. The molecule has 1 heterocycles.